The number of nitrogens with zero attached hydrogens (tertiary/aromatic N) is 1. The molecule has 0 aromatic carbocycles. The van der Waals surface area contributed by atoms with E-state index in [9.17, 15) is 4.79 Å². The highest BCUT2D eigenvalue weighted by Gasteiger charge is 2.01. The fraction of sp³-hybridized carbons (Fsp3) is 0.571. The Morgan fingerprint density at radius 2 is 2.15 bits per heavy atom. The summed E-state index contributed by atoms with van der Waals surface area (Å²) in [6.45, 7) is 2.65. The number of pyridine rings is 1. The molecule has 0 radical (unpaired) electrons. The summed E-state index contributed by atoms with van der Waals surface area (Å²) in [5.74, 6) is 0.486. The summed E-state index contributed by atoms with van der Waals surface area (Å²) in [5, 5.41) is 3.21. The maximum Gasteiger partial charge on any atom is 0.305 e. The van der Waals surface area contributed by atoms with E-state index in [4.69, 9.17) is 9.47 Å². The molecule has 0 aliphatic heterocycles. The number of hydrogen-bond donors (Lipinski definition) is 1. The lowest BCUT2D eigenvalue weighted by molar-refractivity contribution is -0.140. The fourth-order valence-corrected chi connectivity index (χ4v) is 1.50. The maximum atomic E-state index is 10.9. The van der Waals surface area contributed by atoms with Gasteiger partial charge in [-0.3, -0.25) is 9.78 Å². The van der Waals surface area contributed by atoms with Crippen molar-refractivity contribution < 1.29 is 19.0 Å². The van der Waals surface area contributed by atoms with E-state index < -0.39 is 0 Å². The van der Waals surface area contributed by atoms with Crippen LogP contribution in [0.3, 0.4) is 0 Å². The molecule has 1 heterocycles. The molecule has 1 N–H and O–H groups in total. The van der Waals surface area contributed by atoms with E-state index >= 15 is 0 Å². The number of methoxy groups -OCH3 is 2. The zero-order valence-corrected chi connectivity index (χ0v) is 12.1. The highest BCUT2D eigenvalue weighted by atomic mass is 16.5. The third kappa shape index (κ3) is 7.06. The molecule has 0 aliphatic carbocycles. The minimum absolute atomic E-state index is 0.218. The third-order valence-corrected chi connectivity index (χ3v) is 2.61. The zero-order valence-electron chi connectivity index (χ0n) is 12.1. The van der Waals surface area contributed by atoms with Crippen LogP contribution in [0.2, 0.25) is 0 Å². The summed E-state index contributed by atoms with van der Waals surface area (Å²) in [6.07, 6.45) is 2.68. The molecule has 0 saturated carbocycles. The van der Waals surface area contributed by atoms with Gasteiger partial charge in [0.1, 0.15) is 5.75 Å². The number of carbonyl (C=O) groups excluding carboxylic acids is 1. The first kappa shape index (κ1) is 16.4. The Morgan fingerprint density at radius 1 is 1.30 bits per heavy atom. The van der Waals surface area contributed by atoms with E-state index in [1.807, 2.05) is 12.1 Å². The number of esters is 1. The second-order valence-corrected chi connectivity index (χ2v) is 4.18. The molecule has 6 nitrogen and oxygen atoms in total. The summed E-state index contributed by atoms with van der Waals surface area (Å²) in [5.41, 5.74) is 0.947. The number of aromatic nitrogens is 1. The average molecular weight is 282 g/mol. The molecule has 0 atom stereocenters. The van der Waals surface area contributed by atoms with Crippen molar-refractivity contribution in [1.29, 1.82) is 0 Å². The highest BCUT2D eigenvalue weighted by molar-refractivity contribution is 5.68. The van der Waals surface area contributed by atoms with Crippen LogP contribution < -0.4 is 10.1 Å². The van der Waals surface area contributed by atoms with Gasteiger partial charge in [0.2, 0.25) is 0 Å². The zero-order chi connectivity index (χ0) is 14.6. The number of nitrogens with one attached hydrogen (secondary N) is 1. The van der Waals surface area contributed by atoms with Crippen molar-refractivity contribution in [3.8, 4) is 5.75 Å². The van der Waals surface area contributed by atoms with Gasteiger partial charge in [0.05, 0.1) is 32.2 Å². The smallest absolute Gasteiger partial charge is 0.305 e. The number of ether oxygens (including phenoxy) is 3. The van der Waals surface area contributed by atoms with Gasteiger partial charge >= 0.3 is 5.97 Å². The number of carbonyl (C=O) groups is 1. The summed E-state index contributed by atoms with van der Waals surface area (Å²) < 4.78 is 15.0. The molecular weight excluding hydrogens is 260 g/mol. The second-order valence-electron chi connectivity index (χ2n) is 4.18. The molecule has 0 fully saturated rings. The Balaban J connectivity index is 2.19. The van der Waals surface area contributed by atoms with Crippen molar-refractivity contribution in [2.75, 3.05) is 34.0 Å². The van der Waals surface area contributed by atoms with E-state index in [-0.39, 0.29) is 5.97 Å². The van der Waals surface area contributed by atoms with Gasteiger partial charge in [0.15, 0.2) is 0 Å². The standard InChI is InChI=1S/C14H22N2O4/c1-18-9-7-15-10-12-5-6-13(11-16-12)20-8-3-4-14(17)19-2/h5-6,11,15H,3-4,7-10H2,1-2H3. The van der Waals surface area contributed by atoms with Gasteiger partial charge in [0.25, 0.3) is 0 Å². The van der Waals surface area contributed by atoms with Crippen LogP contribution in [0.1, 0.15) is 18.5 Å². The minimum Gasteiger partial charge on any atom is -0.492 e. The van der Waals surface area contributed by atoms with E-state index in [1.165, 1.54) is 7.11 Å². The number of rotatable bonds is 10. The van der Waals surface area contributed by atoms with Crippen LogP contribution in [0.15, 0.2) is 18.3 Å². The summed E-state index contributed by atoms with van der Waals surface area (Å²) in [6, 6.07) is 3.79. The van der Waals surface area contributed by atoms with Crippen LogP contribution in [0.4, 0.5) is 0 Å². The van der Waals surface area contributed by atoms with E-state index in [0.717, 1.165) is 12.2 Å². The van der Waals surface area contributed by atoms with Crippen LogP contribution >= 0.6 is 0 Å². The molecule has 1 aromatic rings. The SMILES string of the molecule is COCCNCc1ccc(OCCCC(=O)OC)cn1. The first-order valence-corrected chi connectivity index (χ1v) is 6.60. The molecule has 1 aromatic heterocycles. The van der Waals surface area contributed by atoms with Crippen LogP contribution in [-0.4, -0.2) is 44.9 Å². The first-order valence-electron chi connectivity index (χ1n) is 6.60. The molecular formula is C14H22N2O4. The molecule has 112 valence electrons. The van der Waals surface area contributed by atoms with Gasteiger partial charge in [-0.1, -0.05) is 0 Å². The van der Waals surface area contributed by atoms with E-state index in [0.29, 0.717) is 38.3 Å². The van der Waals surface area contributed by atoms with Crippen molar-refractivity contribution in [1.82, 2.24) is 10.3 Å². The van der Waals surface area contributed by atoms with Gasteiger partial charge in [-0.25, -0.2) is 0 Å². The molecule has 20 heavy (non-hydrogen) atoms. The molecule has 0 amide bonds. The lowest BCUT2D eigenvalue weighted by atomic mass is 10.3. The van der Waals surface area contributed by atoms with E-state index in [2.05, 4.69) is 15.0 Å². The second kappa shape index (κ2) is 10.2. The number of hydrogen-bond acceptors (Lipinski definition) is 6. The topological polar surface area (TPSA) is 69.7 Å². The molecule has 6 heteroatoms. The molecule has 0 spiro atoms. The Labute approximate surface area is 119 Å². The van der Waals surface area contributed by atoms with Crippen molar-refractivity contribution in [2.45, 2.75) is 19.4 Å². The average Bonchev–Trinajstić information content (AvgIpc) is 2.49. The van der Waals surface area contributed by atoms with Gasteiger partial charge in [-0.15, -0.1) is 0 Å². The first-order chi connectivity index (χ1) is 9.76. The minimum atomic E-state index is -0.218. The normalized spacial score (nSPS) is 10.3. The predicted molar refractivity (Wildman–Crippen MR) is 74.6 cm³/mol. The quantitative estimate of drug-likeness (QED) is 0.513. The van der Waals surface area contributed by atoms with Crippen molar-refractivity contribution in [2.24, 2.45) is 0 Å². The largest absolute Gasteiger partial charge is 0.492 e. The molecule has 0 saturated heterocycles. The Bertz CT molecular complexity index is 381. The Hall–Kier alpha value is -1.66. The van der Waals surface area contributed by atoms with Gasteiger partial charge in [-0.05, 0) is 18.6 Å². The van der Waals surface area contributed by atoms with Gasteiger partial charge < -0.3 is 19.5 Å². The molecule has 0 unspecified atom stereocenters. The summed E-state index contributed by atoms with van der Waals surface area (Å²) >= 11 is 0. The van der Waals surface area contributed by atoms with Gasteiger partial charge in [-0.2, -0.15) is 0 Å². The summed E-state index contributed by atoms with van der Waals surface area (Å²) in [4.78, 5) is 15.2. The van der Waals surface area contributed by atoms with E-state index in [1.54, 1.807) is 13.3 Å². The van der Waals surface area contributed by atoms with Crippen LogP contribution in [0, 0.1) is 0 Å². The Morgan fingerprint density at radius 3 is 2.80 bits per heavy atom. The summed E-state index contributed by atoms with van der Waals surface area (Å²) in [7, 11) is 3.05. The predicted octanol–water partition coefficient (Wildman–Crippen LogP) is 1.15. The monoisotopic (exact) mass is 282 g/mol. The Kier molecular flexibility index (Phi) is 8.33. The van der Waals surface area contributed by atoms with Crippen molar-refractivity contribution >= 4 is 5.97 Å². The lowest BCUT2D eigenvalue weighted by Gasteiger charge is -2.07. The molecule has 0 bridgehead atoms. The molecule has 0 aliphatic rings. The van der Waals surface area contributed by atoms with Crippen LogP contribution in [0.5, 0.6) is 5.75 Å². The van der Waals surface area contributed by atoms with Crippen LogP contribution in [-0.2, 0) is 20.8 Å². The van der Waals surface area contributed by atoms with Crippen molar-refractivity contribution in [3.05, 3.63) is 24.0 Å². The highest BCUT2D eigenvalue weighted by Crippen LogP contribution is 2.09. The maximum absolute atomic E-state index is 10.9. The third-order valence-electron chi connectivity index (χ3n) is 2.61. The fourth-order valence-electron chi connectivity index (χ4n) is 1.50. The van der Waals surface area contributed by atoms with Crippen LogP contribution in [0.25, 0.3) is 0 Å². The van der Waals surface area contributed by atoms with Crippen molar-refractivity contribution in [3.63, 3.8) is 0 Å². The lowest BCUT2D eigenvalue weighted by Crippen LogP contribution is -2.19. The molecule has 1 rings (SSSR count). The van der Waals surface area contributed by atoms with Gasteiger partial charge in [0, 0.05) is 26.6 Å².